The van der Waals surface area contributed by atoms with Crippen molar-refractivity contribution < 1.29 is 8.76 Å². The highest BCUT2D eigenvalue weighted by atomic mass is 35.5. The Bertz CT molecular complexity index is 590. The Morgan fingerprint density at radius 1 is 1.00 bits per heavy atom. The van der Waals surface area contributed by atoms with E-state index in [1.165, 1.54) is 0 Å². The van der Waals surface area contributed by atoms with Gasteiger partial charge in [0.25, 0.3) is 0 Å². The molecular formula is C9H6Cl2N5O2S-. The van der Waals surface area contributed by atoms with Crippen LogP contribution in [0.2, 0.25) is 10.6 Å². The molecule has 1 heterocycles. The number of rotatable bonds is 4. The largest absolute Gasteiger partial charge is 0.755 e. The second-order valence-corrected chi connectivity index (χ2v) is 4.59. The quantitative estimate of drug-likeness (QED) is 0.837. The summed E-state index contributed by atoms with van der Waals surface area (Å²) in [7, 11) is 0. The van der Waals surface area contributed by atoms with E-state index in [2.05, 4.69) is 25.0 Å². The van der Waals surface area contributed by atoms with E-state index in [9.17, 15) is 8.76 Å². The highest BCUT2D eigenvalue weighted by Gasteiger charge is 2.03. The fourth-order valence-electron chi connectivity index (χ4n) is 1.23. The Labute approximate surface area is 120 Å². The monoisotopic (exact) mass is 318 g/mol. The van der Waals surface area contributed by atoms with E-state index in [1.54, 1.807) is 24.3 Å². The first-order valence-electron chi connectivity index (χ1n) is 4.83. The SMILES string of the molecule is O=S([O-])Nc1ccc(Nc2nc(Cl)nc(Cl)n2)cc1. The van der Waals surface area contributed by atoms with Crippen molar-refractivity contribution in [3.63, 3.8) is 0 Å². The standard InChI is InChI=1S/C9H7Cl2N5O2S/c10-7-13-8(11)15-9(14-7)12-5-1-3-6(4-2-5)16-19(17)18/h1-4,16H,(H,17,18)(H,12,13,14,15)/p-1. The van der Waals surface area contributed by atoms with E-state index in [0.717, 1.165) is 0 Å². The van der Waals surface area contributed by atoms with Crippen LogP contribution in [0.15, 0.2) is 24.3 Å². The van der Waals surface area contributed by atoms with E-state index in [0.29, 0.717) is 11.4 Å². The fourth-order valence-corrected chi connectivity index (χ4v) is 1.92. The van der Waals surface area contributed by atoms with E-state index >= 15 is 0 Å². The second kappa shape index (κ2) is 6.11. The van der Waals surface area contributed by atoms with Gasteiger partial charge in [0.2, 0.25) is 16.5 Å². The van der Waals surface area contributed by atoms with Crippen LogP contribution in [0, 0.1) is 0 Å². The van der Waals surface area contributed by atoms with Crippen LogP contribution in [0.25, 0.3) is 0 Å². The summed E-state index contributed by atoms with van der Waals surface area (Å²) >= 11 is 8.91. The summed E-state index contributed by atoms with van der Waals surface area (Å²) in [6, 6.07) is 6.42. The highest BCUT2D eigenvalue weighted by molar-refractivity contribution is 7.80. The molecule has 0 radical (unpaired) electrons. The summed E-state index contributed by atoms with van der Waals surface area (Å²) in [5.74, 6) is 0.193. The van der Waals surface area contributed by atoms with Crippen molar-refractivity contribution in [1.29, 1.82) is 0 Å². The van der Waals surface area contributed by atoms with Crippen LogP contribution in [-0.2, 0) is 11.3 Å². The molecular weight excluding hydrogens is 313 g/mol. The van der Waals surface area contributed by atoms with E-state index < -0.39 is 11.3 Å². The molecule has 7 nitrogen and oxygen atoms in total. The smallest absolute Gasteiger partial charge is 0.232 e. The zero-order chi connectivity index (χ0) is 13.8. The number of hydrogen-bond acceptors (Lipinski definition) is 6. The number of nitrogens with one attached hydrogen (secondary N) is 2. The minimum absolute atomic E-state index is 0.0254. The third-order valence-corrected chi connectivity index (χ3v) is 2.66. The molecule has 0 fully saturated rings. The first kappa shape index (κ1) is 13.9. The zero-order valence-corrected chi connectivity index (χ0v) is 11.5. The Morgan fingerprint density at radius 3 is 2.05 bits per heavy atom. The van der Waals surface area contributed by atoms with Crippen LogP contribution >= 0.6 is 23.2 Å². The van der Waals surface area contributed by atoms with Gasteiger partial charge in [0.05, 0.1) is 0 Å². The molecule has 0 aliphatic carbocycles. The maximum atomic E-state index is 10.4. The van der Waals surface area contributed by atoms with Gasteiger partial charge in [-0.25, -0.2) is 0 Å². The molecule has 1 atom stereocenters. The number of aromatic nitrogens is 3. The van der Waals surface area contributed by atoms with Crippen molar-refractivity contribution in [2.75, 3.05) is 10.0 Å². The fraction of sp³-hybridized carbons (Fsp3) is 0. The van der Waals surface area contributed by atoms with Crippen molar-refractivity contribution in [2.45, 2.75) is 0 Å². The molecule has 1 aromatic carbocycles. The summed E-state index contributed by atoms with van der Waals surface area (Å²) in [5, 5.41) is 2.80. The molecule has 10 heteroatoms. The van der Waals surface area contributed by atoms with Crippen molar-refractivity contribution >= 4 is 51.8 Å². The van der Waals surface area contributed by atoms with Gasteiger partial charge < -0.3 is 14.6 Å². The third-order valence-electron chi connectivity index (χ3n) is 1.92. The molecule has 2 N–H and O–H groups in total. The molecule has 0 saturated heterocycles. The van der Waals surface area contributed by atoms with Crippen LogP contribution in [0.3, 0.4) is 0 Å². The van der Waals surface area contributed by atoms with Gasteiger partial charge in [-0.15, -0.1) is 0 Å². The van der Waals surface area contributed by atoms with Crippen LogP contribution in [0.1, 0.15) is 0 Å². The zero-order valence-electron chi connectivity index (χ0n) is 9.13. The van der Waals surface area contributed by atoms with Gasteiger partial charge >= 0.3 is 0 Å². The number of benzene rings is 1. The van der Waals surface area contributed by atoms with Gasteiger partial charge in [0.15, 0.2) is 0 Å². The van der Waals surface area contributed by atoms with E-state index in [4.69, 9.17) is 23.2 Å². The van der Waals surface area contributed by atoms with E-state index in [1.807, 2.05) is 0 Å². The van der Waals surface area contributed by atoms with Gasteiger partial charge in [-0.2, -0.15) is 15.0 Å². The van der Waals surface area contributed by atoms with Crippen LogP contribution in [0.5, 0.6) is 0 Å². The third kappa shape index (κ3) is 4.28. The summed E-state index contributed by atoms with van der Waals surface area (Å²) in [5.41, 5.74) is 1.08. The molecule has 2 aromatic rings. The molecule has 1 aromatic heterocycles. The maximum Gasteiger partial charge on any atom is 0.232 e. The van der Waals surface area contributed by atoms with Crippen LogP contribution < -0.4 is 10.0 Å². The number of hydrogen-bond donors (Lipinski definition) is 2. The van der Waals surface area contributed by atoms with Gasteiger partial charge in [-0.3, -0.25) is 4.21 Å². The van der Waals surface area contributed by atoms with E-state index in [-0.39, 0.29) is 16.5 Å². The van der Waals surface area contributed by atoms with Gasteiger partial charge in [-0.05, 0) is 47.5 Å². The Hall–Kier alpha value is -1.48. The average molecular weight is 319 g/mol. The molecule has 1 unspecified atom stereocenters. The molecule has 0 aliphatic heterocycles. The number of anilines is 3. The predicted octanol–water partition coefficient (Wildman–Crippen LogP) is 2.13. The molecule has 0 aliphatic rings. The van der Waals surface area contributed by atoms with Crippen molar-refractivity contribution in [1.82, 2.24) is 15.0 Å². The average Bonchev–Trinajstić information content (AvgIpc) is 2.29. The van der Waals surface area contributed by atoms with Gasteiger partial charge in [0, 0.05) is 22.6 Å². The molecule has 0 bridgehead atoms. The lowest BCUT2D eigenvalue weighted by molar-refractivity contribution is 0.542. The number of halogens is 2. The summed E-state index contributed by atoms with van der Waals surface area (Å²) < 4.78 is 23.1. The summed E-state index contributed by atoms with van der Waals surface area (Å²) in [6.07, 6.45) is 0. The second-order valence-electron chi connectivity index (χ2n) is 3.24. The summed E-state index contributed by atoms with van der Waals surface area (Å²) in [6.45, 7) is 0. The number of nitrogens with zero attached hydrogens (tertiary/aromatic N) is 3. The maximum absolute atomic E-state index is 10.4. The molecule has 2 rings (SSSR count). The first-order valence-corrected chi connectivity index (χ1v) is 6.66. The lowest BCUT2D eigenvalue weighted by atomic mass is 10.3. The van der Waals surface area contributed by atoms with Gasteiger partial charge in [0.1, 0.15) is 0 Å². The molecule has 100 valence electrons. The minimum atomic E-state index is -2.36. The van der Waals surface area contributed by atoms with Crippen molar-refractivity contribution in [3.8, 4) is 0 Å². The Kier molecular flexibility index (Phi) is 4.48. The van der Waals surface area contributed by atoms with Gasteiger partial charge in [-0.1, -0.05) is 0 Å². The highest BCUT2D eigenvalue weighted by Crippen LogP contribution is 2.18. The Balaban J connectivity index is 2.12. The molecule has 0 spiro atoms. The lowest BCUT2D eigenvalue weighted by Crippen LogP contribution is -2.02. The summed E-state index contributed by atoms with van der Waals surface area (Å²) in [4.78, 5) is 11.3. The van der Waals surface area contributed by atoms with Crippen molar-refractivity contribution in [2.24, 2.45) is 0 Å². The Morgan fingerprint density at radius 2 is 1.53 bits per heavy atom. The van der Waals surface area contributed by atoms with Crippen LogP contribution in [0.4, 0.5) is 17.3 Å². The topological polar surface area (TPSA) is 103 Å². The predicted molar refractivity (Wildman–Crippen MR) is 72.1 cm³/mol. The lowest BCUT2D eigenvalue weighted by Gasteiger charge is -2.09. The minimum Gasteiger partial charge on any atom is -0.755 e. The molecule has 0 saturated carbocycles. The van der Waals surface area contributed by atoms with Crippen molar-refractivity contribution in [3.05, 3.63) is 34.8 Å². The normalized spacial score (nSPS) is 11.9. The molecule has 19 heavy (non-hydrogen) atoms. The molecule has 0 amide bonds. The first-order chi connectivity index (χ1) is 9.02. The van der Waals surface area contributed by atoms with Crippen LogP contribution in [-0.4, -0.2) is 23.7 Å².